The van der Waals surface area contributed by atoms with Gasteiger partial charge in [0.15, 0.2) is 11.5 Å². The largest absolute Gasteiger partial charge is 0.496 e. The van der Waals surface area contributed by atoms with Crippen molar-refractivity contribution in [1.29, 1.82) is 0 Å². The van der Waals surface area contributed by atoms with Crippen LogP contribution < -0.4 is 14.2 Å². The molecule has 1 fully saturated rings. The molecule has 0 saturated carbocycles. The Morgan fingerprint density at radius 2 is 1.76 bits per heavy atom. The number of likely N-dealkylation sites (tertiary alicyclic amines) is 1. The molecule has 0 aromatic heterocycles. The summed E-state index contributed by atoms with van der Waals surface area (Å²) in [6, 6.07) is 17.9. The maximum absolute atomic E-state index is 11.3. The quantitative estimate of drug-likeness (QED) is 0.513. The third-order valence-electron chi connectivity index (χ3n) is 6.47. The molecule has 1 saturated heterocycles. The summed E-state index contributed by atoms with van der Waals surface area (Å²) in [5.74, 6) is 1.21. The normalized spacial score (nSPS) is 17.5. The number of aliphatic carboxylic acids is 1. The number of nitrogens with zero attached hydrogens (tertiary/aromatic N) is 1. The molecule has 0 radical (unpaired) electrons. The number of hydrogen-bond donors (Lipinski definition) is 1. The average molecular weight is 480 g/mol. The Kier molecular flexibility index (Phi) is 6.35. The lowest BCUT2D eigenvalue weighted by atomic mass is 9.97. The predicted molar refractivity (Wildman–Crippen MR) is 131 cm³/mol. The lowest BCUT2D eigenvalue weighted by Crippen LogP contribution is -2.23. The van der Waals surface area contributed by atoms with Crippen molar-refractivity contribution in [2.75, 3.05) is 33.4 Å². The molecule has 5 rings (SSSR count). The molecular formula is C27H26ClNO5. The summed E-state index contributed by atoms with van der Waals surface area (Å²) in [5.41, 5.74) is 4.76. The van der Waals surface area contributed by atoms with Gasteiger partial charge in [0, 0.05) is 29.8 Å². The van der Waals surface area contributed by atoms with Gasteiger partial charge in [-0.2, -0.15) is 0 Å². The van der Waals surface area contributed by atoms with Gasteiger partial charge in [-0.15, -0.1) is 0 Å². The van der Waals surface area contributed by atoms with Crippen molar-refractivity contribution in [3.8, 4) is 39.5 Å². The fraction of sp³-hybridized carbons (Fsp3) is 0.296. The molecular weight excluding hydrogens is 454 g/mol. The van der Waals surface area contributed by atoms with E-state index < -0.39 is 5.97 Å². The van der Waals surface area contributed by atoms with E-state index in [1.165, 1.54) is 0 Å². The molecule has 1 unspecified atom stereocenters. The van der Waals surface area contributed by atoms with Crippen LogP contribution in [0.4, 0.5) is 0 Å². The molecule has 34 heavy (non-hydrogen) atoms. The number of carbonyl (C=O) groups is 1. The molecule has 3 aromatic carbocycles. The highest BCUT2D eigenvalue weighted by Crippen LogP contribution is 2.41. The maximum Gasteiger partial charge on any atom is 0.307 e. The Balaban J connectivity index is 1.42. The first kappa shape index (κ1) is 22.6. The Morgan fingerprint density at radius 1 is 1.06 bits per heavy atom. The number of carboxylic acid groups (broad SMARTS) is 1. The number of carboxylic acids is 1. The lowest BCUT2D eigenvalue weighted by Gasteiger charge is -2.20. The molecule has 0 amide bonds. The van der Waals surface area contributed by atoms with Gasteiger partial charge in [0.05, 0.1) is 18.1 Å². The number of fused-ring (bicyclic) bond motifs is 1. The van der Waals surface area contributed by atoms with E-state index in [9.17, 15) is 9.90 Å². The summed E-state index contributed by atoms with van der Waals surface area (Å²) in [7, 11) is 1.65. The second kappa shape index (κ2) is 9.57. The van der Waals surface area contributed by atoms with E-state index in [1.54, 1.807) is 7.11 Å². The number of rotatable bonds is 6. The van der Waals surface area contributed by atoms with Crippen LogP contribution in [0.1, 0.15) is 12.0 Å². The van der Waals surface area contributed by atoms with E-state index in [4.69, 9.17) is 25.8 Å². The topological polar surface area (TPSA) is 68.2 Å². The fourth-order valence-electron chi connectivity index (χ4n) is 4.65. The van der Waals surface area contributed by atoms with Gasteiger partial charge in [-0.3, -0.25) is 9.69 Å². The Hall–Kier alpha value is -3.22. The van der Waals surface area contributed by atoms with Crippen molar-refractivity contribution >= 4 is 17.6 Å². The smallest absolute Gasteiger partial charge is 0.307 e. The number of benzene rings is 3. The highest BCUT2D eigenvalue weighted by Gasteiger charge is 2.28. The standard InChI is InChI=1S/C27H26ClNO5/c1-32-24-13-17(5-6-19(24)15-29-10-9-20(16-29)27(30)31)21-3-2-4-22(26(21)28)18-7-8-23-25(14-18)34-12-11-33-23/h2-8,13-14,20H,9-12,15-16H2,1H3,(H,30,31). The van der Waals surface area contributed by atoms with Crippen molar-refractivity contribution in [3.63, 3.8) is 0 Å². The second-order valence-electron chi connectivity index (χ2n) is 8.61. The predicted octanol–water partition coefficient (Wildman–Crippen LogP) is 5.36. The molecule has 2 aliphatic heterocycles. The van der Waals surface area contributed by atoms with Gasteiger partial charge in [-0.25, -0.2) is 0 Å². The molecule has 0 spiro atoms. The SMILES string of the molecule is COc1cc(-c2cccc(-c3ccc4c(c3)OCCO4)c2Cl)ccc1CN1CCC(C(=O)O)C1. The van der Waals surface area contributed by atoms with Crippen LogP contribution >= 0.6 is 11.6 Å². The van der Waals surface area contributed by atoms with Crippen LogP contribution in [0, 0.1) is 5.92 Å². The van der Waals surface area contributed by atoms with E-state index in [0.717, 1.165) is 51.6 Å². The summed E-state index contributed by atoms with van der Waals surface area (Å²) < 4.78 is 17.1. The minimum Gasteiger partial charge on any atom is -0.496 e. The average Bonchev–Trinajstić information content (AvgIpc) is 3.33. The molecule has 0 aliphatic carbocycles. The van der Waals surface area contributed by atoms with E-state index in [1.807, 2.05) is 54.6 Å². The molecule has 1 atom stereocenters. The van der Waals surface area contributed by atoms with Gasteiger partial charge < -0.3 is 19.3 Å². The molecule has 3 aromatic rings. The van der Waals surface area contributed by atoms with Gasteiger partial charge >= 0.3 is 5.97 Å². The zero-order valence-corrected chi connectivity index (χ0v) is 19.7. The van der Waals surface area contributed by atoms with Crippen LogP contribution in [0.5, 0.6) is 17.2 Å². The van der Waals surface area contributed by atoms with Crippen molar-refractivity contribution in [1.82, 2.24) is 4.90 Å². The molecule has 6 nitrogen and oxygen atoms in total. The number of methoxy groups -OCH3 is 1. The molecule has 0 bridgehead atoms. The van der Waals surface area contributed by atoms with Crippen LogP contribution in [0.25, 0.3) is 22.3 Å². The third kappa shape index (κ3) is 4.43. The highest BCUT2D eigenvalue weighted by atomic mass is 35.5. The maximum atomic E-state index is 11.3. The van der Waals surface area contributed by atoms with Gasteiger partial charge in [-0.05, 0) is 42.3 Å². The van der Waals surface area contributed by atoms with Gasteiger partial charge in [0.2, 0.25) is 0 Å². The summed E-state index contributed by atoms with van der Waals surface area (Å²) >= 11 is 6.90. The zero-order valence-electron chi connectivity index (χ0n) is 18.9. The molecule has 2 aliphatic rings. The summed E-state index contributed by atoms with van der Waals surface area (Å²) in [6.07, 6.45) is 0.679. The van der Waals surface area contributed by atoms with Crippen LogP contribution in [0.3, 0.4) is 0 Å². The Labute approximate surface area is 203 Å². The minimum absolute atomic E-state index is 0.299. The number of ether oxygens (including phenoxy) is 3. The summed E-state index contributed by atoms with van der Waals surface area (Å²) in [4.78, 5) is 13.4. The van der Waals surface area contributed by atoms with Crippen LogP contribution in [0.2, 0.25) is 5.02 Å². The first-order chi connectivity index (χ1) is 16.5. The van der Waals surface area contributed by atoms with Gasteiger partial charge in [0.25, 0.3) is 0 Å². The van der Waals surface area contributed by atoms with Crippen molar-refractivity contribution < 1.29 is 24.1 Å². The van der Waals surface area contributed by atoms with E-state index in [0.29, 0.717) is 37.7 Å². The van der Waals surface area contributed by atoms with Crippen LogP contribution in [-0.2, 0) is 11.3 Å². The zero-order chi connectivity index (χ0) is 23.7. The van der Waals surface area contributed by atoms with Crippen molar-refractivity contribution in [2.45, 2.75) is 13.0 Å². The lowest BCUT2D eigenvalue weighted by molar-refractivity contribution is -0.141. The van der Waals surface area contributed by atoms with Crippen molar-refractivity contribution in [2.24, 2.45) is 5.92 Å². The molecule has 7 heteroatoms. The Bertz CT molecular complexity index is 1230. The molecule has 1 N–H and O–H groups in total. The van der Waals surface area contributed by atoms with E-state index in [2.05, 4.69) is 4.90 Å². The second-order valence-corrected chi connectivity index (χ2v) is 8.99. The number of hydrogen-bond acceptors (Lipinski definition) is 5. The van der Waals surface area contributed by atoms with Gasteiger partial charge in [0.1, 0.15) is 19.0 Å². The van der Waals surface area contributed by atoms with Gasteiger partial charge in [-0.1, -0.05) is 48.0 Å². The molecule has 176 valence electrons. The van der Waals surface area contributed by atoms with E-state index in [-0.39, 0.29) is 5.92 Å². The minimum atomic E-state index is -0.725. The monoisotopic (exact) mass is 479 g/mol. The third-order valence-corrected chi connectivity index (χ3v) is 6.87. The number of halogens is 1. The van der Waals surface area contributed by atoms with Crippen LogP contribution in [-0.4, -0.2) is 49.4 Å². The summed E-state index contributed by atoms with van der Waals surface area (Å²) in [6.45, 7) is 3.07. The first-order valence-electron chi connectivity index (χ1n) is 11.3. The van der Waals surface area contributed by atoms with E-state index >= 15 is 0 Å². The summed E-state index contributed by atoms with van der Waals surface area (Å²) in [5, 5.41) is 9.92. The Morgan fingerprint density at radius 3 is 2.47 bits per heavy atom. The molecule has 2 heterocycles. The fourth-order valence-corrected chi connectivity index (χ4v) is 4.99. The first-order valence-corrected chi connectivity index (χ1v) is 11.7. The van der Waals surface area contributed by atoms with Crippen molar-refractivity contribution in [3.05, 3.63) is 65.2 Å². The highest BCUT2D eigenvalue weighted by molar-refractivity contribution is 6.36. The van der Waals surface area contributed by atoms with Crippen LogP contribution in [0.15, 0.2) is 54.6 Å².